The summed E-state index contributed by atoms with van der Waals surface area (Å²) >= 11 is 0. The Morgan fingerprint density at radius 3 is 2.63 bits per heavy atom. The number of rotatable bonds is 4. The van der Waals surface area contributed by atoms with Crippen LogP contribution in [0.25, 0.3) is 0 Å². The van der Waals surface area contributed by atoms with Crippen molar-refractivity contribution < 1.29 is 27.8 Å². The molecule has 6 heteroatoms. The molecule has 0 spiro atoms. The van der Waals surface area contributed by atoms with Crippen molar-refractivity contribution in [3.63, 3.8) is 0 Å². The van der Waals surface area contributed by atoms with E-state index in [2.05, 4.69) is 16.6 Å². The van der Waals surface area contributed by atoms with Gasteiger partial charge in [0.05, 0.1) is 12.2 Å². The highest BCUT2D eigenvalue weighted by Crippen LogP contribution is 2.20. The van der Waals surface area contributed by atoms with Gasteiger partial charge in [0.15, 0.2) is 0 Å². The lowest BCUT2D eigenvalue weighted by molar-refractivity contribution is -0.325. The van der Waals surface area contributed by atoms with E-state index in [1.807, 2.05) is 6.92 Å². The van der Waals surface area contributed by atoms with Gasteiger partial charge in [-0.25, -0.2) is 0 Å². The van der Waals surface area contributed by atoms with Crippen LogP contribution in [0.15, 0.2) is 18.2 Å². The largest absolute Gasteiger partial charge is 0.522 e. The Morgan fingerprint density at radius 1 is 1.26 bits per heavy atom. The fourth-order valence-electron chi connectivity index (χ4n) is 1.31. The maximum Gasteiger partial charge on any atom is 0.522 e. The summed E-state index contributed by atoms with van der Waals surface area (Å²) in [5.74, 6) is 5.49. The first-order valence-corrected chi connectivity index (χ1v) is 5.46. The fourth-order valence-corrected chi connectivity index (χ4v) is 1.31. The number of hydrogen-bond donors (Lipinski definition) is 1. The Morgan fingerprint density at radius 2 is 2.00 bits per heavy atom. The summed E-state index contributed by atoms with van der Waals surface area (Å²) in [4.78, 5) is 0. The van der Waals surface area contributed by atoms with Gasteiger partial charge in [-0.05, 0) is 24.6 Å². The first-order chi connectivity index (χ1) is 8.92. The van der Waals surface area contributed by atoms with Crippen LogP contribution in [0.4, 0.5) is 13.2 Å². The number of halogens is 3. The lowest BCUT2D eigenvalue weighted by Crippen LogP contribution is -2.18. The van der Waals surface area contributed by atoms with Gasteiger partial charge < -0.3 is 9.84 Å². The number of benzene rings is 1. The number of aliphatic hydroxyl groups is 1. The summed E-state index contributed by atoms with van der Waals surface area (Å²) in [5, 5.41) is 8.63. The standard InChI is InChI=1S/C13H13F3O3/c1-10-4-5-12(11(9-10)3-2-6-17)18-7-8-19-13(14,15)16/h4-5,9,17H,6-8H2,1H3. The van der Waals surface area contributed by atoms with Gasteiger partial charge in [0.25, 0.3) is 0 Å². The van der Waals surface area contributed by atoms with Gasteiger partial charge in [0.2, 0.25) is 0 Å². The molecular weight excluding hydrogens is 261 g/mol. The van der Waals surface area contributed by atoms with E-state index in [1.54, 1.807) is 18.2 Å². The van der Waals surface area contributed by atoms with Crippen LogP contribution in [0.1, 0.15) is 11.1 Å². The van der Waals surface area contributed by atoms with Crippen LogP contribution in [0.3, 0.4) is 0 Å². The van der Waals surface area contributed by atoms with E-state index in [4.69, 9.17) is 9.84 Å². The molecule has 0 aliphatic heterocycles. The van der Waals surface area contributed by atoms with Crippen molar-refractivity contribution in [1.82, 2.24) is 0 Å². The molecule has 0 atom stereocenters. The second-order valence-corrected chi connectivity index (χ2v) is 3.60. The van der Waals surface area contributed by atoms with Gasteiger partial charge in [0, 0.05) is 0 Å². The van der Waals surface area contributed by atoms with E-state index in [0.29, 0.717) is 11.3 Å². The average Bonchev–Trinajstić information content (AvgIpc) is 2.32. The van der Waals surface area contributed by atoms with Crippen LogP contribution < -0.4 is 4.74 Å². The molecule has 0 amide bonds. The predicted molar refractivity (Wildman–Crippen MR) is 62.6 cm³/mol. The number of hydrogen-bond acceptors (Lipinski definition) is 3. The van der Waals surface area contributed by atoms with Crippen molar-refractivity contribution in [3.8, 4) is 17.6 Å². The topological polar surface area (TPSA) is 38.7 Å². The van der Waals surface area contributed by atoms with Crippen molar-refractivity contribution in [3.05, 3.63) is 29.3 Å². The molecule has 0 aliphatic rings. The van der Waals surface area contributed by atoms with E-state index < -0.39 is 13.0 Å². The van der Waals surface area contributed by atoms with Crippen LogP contribution in [-0.4, -0.2) is 31.3 Å². The minimum atomic E-state index is -4.66. The molecule has 0 aromatic heterocycles. The van der Waals surface area contributed by atoms with E-state index in [0.717, 1.165) is 5.56 Å². The molecule has 1 aromatic rings. The monoisotopic (exact) mass is 274 g/mol. The Kier molecular flexibility index (Phi) is 5.67. The van der Waals surface area contributed by atoms with Gasteiger partial charge >= 0.3 is 6.36 Å². The molecule has 1 aromatic carbocycles. The van der Waals surface area contributed by atoms with E-state index in [-0.39, 0.29) is 13.2 Å². The molecule has 0 fully saturated rings. The molecule has 0 saturated carbocycles. The molecule has 1 rings (SSSR count). The number of alkyl halides is 3. The van der Waals surface area contributed by atoms with Crippen LogP contribution >= 0.6 is 0 Å². The lowest BCUT2D eigenvalue weighted by Gasteiger charge is -2.10. The maximum atomic E-state index is 11.8. The Balaban J connectivity index is 2.62. The number of ether oxygens (including phenoxy) is 2. The zero-order chi connectivity index (χ0) is 14.3. The Hall–Kier alpha value is -1.71. The normalized spacial score (nSPS) is 10.8. The average molecular weight is 274 g/mol. The van der Waals surface area contributed by atoms with Crippen LogP contribution in [-0.2, 0) is 4.74 Å². The summed E-state index contributed by atoms with van der Waals surface area (Å²) < 4.78 is 44.0. The molecule has 0 bridgehead atoms. The molecule has 3 nitrogen and oxygen atoms in total. The highest BCUT2D eigenvalue weighted by Gasteiger charge is 2.28. The van der Waals surface area contributed by atoms with Gasteiger partial charge in [-0.2, -0.15) is 0 Å². The number of aliphatic hydroxyl groups excluding tert-OH is 1. The predicted octanol–water partition coefficient (Wildman–Crippen LogP) is 2.25. The van der Waals surface area contributed by atoms with Crippen molar-refractivity contribution in [2.45, 2.75) is 13.3 Å². The number of aryl methyl sites for hydroxylation is 1. The van der Waals surface area contributed by atoms with Crippen molar-refractivity contribution in [2.24, 2.45) is 0 Å². The first-order valence-electron chi connectivity index (χ1n) is 5.46. The van der Waals surface area contributed by atoms with Crippen molar-refractivity contribution in [1.29, 1.82) is 0 Å². The minimum absolute atomic E-state index is 0.240. The highest BCUT2D eigenvalue weighted by atomic mass is 19.4. The molecule has 104 valence electrons. The second-order valence-electron chi connectivity index (χ2n) is 3.60. The fraction of sp³-hybridized carbons (Fsp3) is 0.385. The maximum absolute atomic E-state index is 11.8. The highest BCUT2D eigenvalue weighted by molar-refractivity contribution is 5.48. The van der Waals surface area contributed by atoms with Gasteiger partial charge in [-0.3, -0.25) is 4.74 Å². The summed E-state index contributed by atoms with van der Waals surface area (Å²) in [6, 6.07) is 5.09. The summed E-state index contributed by atoms with van der Waals surface area (Å²) in [7, 11) is 0. The SMILES string of the molecule is Cc1ccc(OCCOC(F)(F)F)c(C#CCO)c1. The van der Waals surface area contributed by atoms with Crippen molar-refractivity contribution >= 4 is 0 Å². The van der Waals surface area contributed by atoms with Gasteiger partial charge in [-0.15, -0.1) is 13.2 Å². The quantitative estimate of drug-likeness (QED) is 0.676. The third-order valence-corrected chi connectivity index (χ3v) is 2.04. The Bertz CT molecular complexity index is 472. The summed E-state index contributed by atoms with van der Waals surface area (Å²) in [6.45, 7) is 0.714. The first kappa shape index (κ1) is 15.3. The van der Waals surface area contributed by atoms with Crippen LogP contribution in [0, 0.1) is 18.8 Å². The van der Waals surface area contributed by atoms with E-state index in [9.17, 15) is 13.2 Å². The van der Waals surface area contributed by atoms with Gasteiger partial charge in [-0.1, -0.05) is 17.9 Å². The second kappa shape index (κ2) is 7.02. The van der Waals surface area contributed by atoms with E-state index in [1.165, 1.54) is 0 Å². The van der Waals surface area contributed by atoms with Crippen molar-refractivity contribution in [2.75, 3.05) is 19.8 Å². The van der Waals surface area contributed by atoms with Crippen LogP contribution in [0.2, 0.25) is 0 Å². The smallest absolute Gasteiger partial charge is 0.490 e. The Labute approximate surface area is 109 Å². The molecule has 0 unspecified atom stereocenters. The molecule has 0 heterocycles. The molecule has 19 heavy (non-hydrogen) atoms. The molecule has 0 radical (unpaired) electrons. The molecule has 0 saturated heterocycles. The van der Waals surface area contributed by atoms with Crippen LogP contribution in [0.5, 0.6) is 5.75 Å². The molecule has 0 aliphatic carbocycles. The third kappa shape index (κ3) is 6.13. The molecule has 1 N–H and O–H groups in total. The lowest BCUT2D eigenvalue weighted by atomic mass is 10.1. The summed E-state index contributed by atoms with van der Waals surface area (Å²) in [6.07, 6.45) is -4.66. The summed E-state index contributed by atoms with van der Waals surface area (Å²) in [5.41, 5.74) is 1.45. The molecular formula is C13H13F3O3. The zero-order valence-electron chi connectivity index (χ0n) is 10.3. The minimum Gasteiger partial charge on any atom is -0.490 e. The third-order valence-electron chi connectivity index (χ3n) is 2.04. The van der Waals surface area contributed by atoms with E-state index >= 15 is 0 Å². The van der Waals surface area contributed by atoms with Gasteiger partial charge in [0.1, 0.15) is 19.0 Å². The zero-order valence-corrected chi connectivity index (χ0v) is 10.3.